The van der Waals surface area contributed by atoms with Crippen LogP contribution in [0.15, 0.2) is 34.5 Å². The number of hydrogen-bond acceptors (Lipinski definition) is 6. The number of carbonyl (C=O) groups is 2. The Hall–Kier alpha value is -2.30. The van der Waals surface area contributed by atoms with E-state index in [0.717, 1.165) is 19.3 Å². The van der Waals surface area contributed by atoms with E-state index in [1.165, 1.54) is 21.7 Å². The molecule has 29 heavy (non-hydrogen) atoms. The number of carbonyl (C=O) groups excluding carboxylic acids is 2. The van der Waals surface area contributed by atoms with Crippen LogP contribution in [0.5, 0.6) is 0 Å². The molecular weight excluding hydrogens is 412 g/mol. The number of amides is 2. The maximum atomic E-state index is 12.7. The van der Waals surface area contributed by atoms with Gasteiger partial charge in [-0.1, -0.05) is 6.07 Å². The Balaban J connectivity index is 1.41. The van der Waals surface area contributed by atoms with Gasteiger partial charge in [-0.2, -0.15) is 4.31 Å². The second kappa shape index (κ2) is 8.21. The second-order valence-electron chi connectivity index (χ2n) is 7.13. The number of nitrogens with zero attached hydrogens (tertiary/aromatic N) is 3. The normalized spacial score (nSPS) is 17.8. The van der Waals surface area contributed by atoms with E-state index in [1.54, 1.807) is 28.5 Å². The van der Waals surface area contributed by atoms with E-state index in [0.29, 0.717) is 42.6 Å². The number of hydrogen-bond donors (Lipinski definition) is 1. The van der Waals surface area contributed by atoms with Crippen LogP contribution in [0.25, 0.3) is 0 Å². The molecule has 0 spiro atoms. The third kappa shape index (κ3) is 4.34. The van der Waals surface area contributed by atoms with Gasteiger partial charge in [-0.25, -0.2) is 13.4 Å². The maximum absolute atomic E-state index is 12.7. The lowest BCUT2D eigenvalue weighted by Gasteiger charge is -2.16. The summed E-state index contributed by atoms with van der Waals surface area (Å²) in [7, 11) is -3.53. The molecule has 2 aliphatic heterocycles. The number of sulfonamides is 1. The first kappa shape index (κ1) is 20.0. The molecule has 10 heteroatoms. The highest BCUT2D eigenvalue weighted by Crippen LogP contribution is 2.26. The minimum atomic E-state index is -3.53. The molecule has 2 amide bonds. The lowest BCUT2D eigenvalue weighted by Crippen LogP contribution is -2.28. The van der Waals surface area contributed by atoms with E-state index in [1.807, 2.05) is 0 Å². The summed E-state index contributed by atoms with van der Waals surface area (Å²) < 4.78 is 26.9. The average molecular weight is 435 g/mol. The summed E-state index contributed by atoms with van der Waals surface area (Å²) in [6.07, 6.45) is 3.15. The molecule has 0 radical (unpaired) electrons. The zero-order valence-corrected chi connectivity index (χ0v) is 17.5. The zero-order chi connectivity index (χ0) is 20.4. The molecule has 0 atom stereocenters. The van der Waals surface area contributed by atoms with Crippen molar-refractivity contribution in [3.8, 4) is 0 Å². The molecule has 0 bridgehead atoms. The van der Waals surface area contributed by atoms with Crippen LogP contribution in [0.3, 0.4) is 0 Å². The molecule has 2 saturated heterocycles. The summed E-state index contributed by atoms with van der Waals surface area (Å²) in [5.41, 5.74) is 1.02. The molecule has 2 aliphatic rings. The largest absolute Gasteiger partial charge is 0.326 e. The molecule has 0 unspecified atom stereocenters. The SMILES string of the molecule is O=C(Cc1csc(N2CCCC2=O)n1)Nc1cccc(S(=O)(=O)N2CCCC2)c1. The van der Waals surface area contributed by atoms with Gasteiger partial charge in [-0.15, -0.1) is 11.3 Å². The molecule has 0 saturated carbocycles. The number of rotatable bonds is 6. The van der Waals surface area contributed by atoms with Gasteiger partial charge in [0, 0.05) is 37.1 Å². The first-order valence-electron chi connectivity index (χ1n) is 9.58. The second-order valence-corrected chi connectivity index (χ2v) is 9.91. The summed E-state index contributed by atoms with van der Waals surface area (Å²) in [4.78, 5) is 30.4. The number of nitrogens with one attached hydrogen (secondary N) is 1. The van der Waals surface area contributed by atoms with Crippen LogP contribution in [0.2, 0.25) is 0 Å². The van der Waals surface area contributed by atoms with Crippen LogP contribution < -0.4 is 10.2 Å². The highest BCUT2D eigenvalue weighted by molar-refractivity contribution is 7.89. The lowest BCUT2D eigenvalue weighted by atomic mass is 10.3. The number of anilines is 2. The van der Waals surface area contributed by atoms with Gasteiger partial charge in [0.2, 0.25) is 21.8 Å². The Kier molecular flexibility index (Phi) is 5.66. The Morgan fingerprint density at radius 2 is 1.97 bits per heavy atom. The van der Waals surface area contributed by atoms with Crippen LogP contribution in [0.4, 0.5) is 10.8 Å². The zero-order valence-electron chi connectivity index (χ0n) is 15.8. The van der Waals surface area contributed by atoms with Crippen molar-refractivity contribution in [3.63, 3.8) is 0 Å². The summed E-state index contributed by atoms with van der Waals surface area (Å²) in [5, 5.41) is 5.14. The van der Waals surface area contributed by atoms with Crippen molar-refractivity contribution in [2.24, 2.45) is 0 Å². The predicted octanol–water partition coefficient (Wildman–Crippen LogP) is 2.24. The minimum Gasteiger partial charge on any atom is -0.326 e. The van der Waals surface area contributed by atoms with Gasteiger partial charge < -0.3 is 5.32 Å². The van der Waals surface area contributed by atoms with Gasteiger partial charge in [0.15, 0.2) is 5.13 Å². The quantitative estimate of drug-likeness (QED) is 0.752. The van der Waals surface area contributed by atoms with Crippen molar-refractivity contribution in [3.05, 3.63) is 35.3 Å². The van der Waals surface area contributed by atoms with Gasteiger partial charge in [0.05, 0.1) is 17.0 Å². The Morgan fingerprint density at radius 3 is 2.69 bits per heavy atom. The molecule has 154 valence electrons. The van der Waals surface area contributed by atoms with E-state index in [-0.39, 0.29) is 23.1 Å². The molecule has 4 rings (SSSR count). The van der Waals surface area contributed by atoms with Gasteiger partial charge >= 0.3 is 0 Å². The molecule has 2 aromatic rings. The smallest absolute Gasteiger partial charge is 0.243 e. The van der Waals surface area contributed by atoms with E-state index in [4.69, 9.17) is 0 Å². The van der Waals surface area contributed by atoms with E-state index >= 15 is 0 Å². The van der Waals surface area contributed by atoms with Crippen LogP contribution in [0, 0.1) is 0 Å². The Morgan fingerprint density at radius 1 is 1.17 bits per heavy atom. The highest BCUT2D eigenvalue weighted by atomic mass is 32.2. The Bertz CT molecular complexity index is 1030. The van der Waals surface area contributed by atoms with Crippen molar-refractivity contribution in [1.29, 1.82) is 0 Å². The molecule has 0 aliphatic carbocycles. The number of aromatic nitrogens is 1. The third-order valence-corrected chi connectivity index (χ3v) is 7.81. The van der Waals surface area contributed by atoms with Crippen molar-refractivity contribution < 1.29 is 18.0 Å². The summed E-state index contributed by atoms with van der Waals surface area (Å²) >= 11 is 1.35. The standard InChI is InChI=1S/C19H22N4O4S2/c24-17(12-15-13-28-19(21-15)23-10-4-7-18(23)25)20-14-5-3-6-16(11-14)29(26,27)22-8-1-2-9-22/h3,5-6,11,13H,1-2,4,7-10,12H2,(H,20,24). The highest BCUT2D eigenvalue weighted by Gasteiger charge is 2.27. The van der Waals surface area contributed by atoms with Gasteiger partial charge in [0.1, 0.15) is 0 Å². The van der Waals surface area contributed by atoms with E-state index in [9.17, 15) is 18.0 Å². The van der Waals surface area contributed by atoms with Gasteiger partial charge in [-0.05, 0) is 37.5 Å². The molecule has 2 fully saturated rings. The van der Waals surface area contributed by atoms with Crippen LogP contribution in [-0.2, 0) is 26.0 Å². The van der Waals surface area contributed by atoms with Crippen molar-refractivity contribution in [2.45, 2.75) is 37.0 Å². The molecular formula is C19H22N4O4S2. The average Bonchev–Trinajstić information content (AvgIpc) is 3.43. The molecule has 8 nitrogen and oxygen atoms in total. The van der Waals surface area contributed by atoms with E-state index < -0.39 is 10.0 Å². The number of benzene rings is 1. The fourth-order valence-corrected chi connectivity index (χ4v) is 5.96. The predicted molar refractivity (Wildman–Crippen MR) is 110 cm³/mol. The third-order valence-electron chi connectivity index (χ3n) is 5.01. The van der Waals surface area contributed by atoms with Crippen LogP contribution in [0.1, 0.15) is 31.4 Å². The Labute approximate surface area is 173 Å². The molecule has 1 aromatic carbocycles. The fraction of sp³-hybridized carbons (Fsp3) is 0.421. The molecule has 3 heterocycles. The van der Waals surface area contributed by atoms with Crippen LogP contribution >= 0.6 is 11.3 Å². The van der Waals surface area contributed by atoms with Gasteiger partial charge in [-0.3, -0.25) is 14.5 Å². The van der Waals surface area contributed by atoms with Crippen molar-refractivity contribution in [1.82, 2.24) is 9.29 Å². The minimum absolute atomic E-state index is 0.0572. The van der Waals surface area contributed by atoms with Crippen molar-refractivity contribution in [2.75, 3.05) is 29.9 Å². The van der Waals surface area contributed by atoms with Crippen LogP contribution in [-0.4, -0.2) is 49.2 Å². The monoisotopic (exact) mass is 434 g/mol. The molecule has 1 aromatic heterocycles. The summed E-state index contributed by atoms with van der Waals surface area (Å²) in [6.45, 7) is 1.73. The van der Waals surface area contributed by atoms with Gasteiger partial charge in [0.25, 0.3) is 0 Å². The lowest BCUT2D eigenvalue weighted by molar-refractivity contribution is -0.117. The fourth-order valence-electron chi connectivity index (χ4n) is 3.53. The topological polar surface area (TPSA) is 99.7 Å². The summed E-state index contributed by atoms with van der Waals surface area (Å²) in [6, 6.07) is 6.32. The maximum Gasteiger partial charge on any atom is 0.243 e. The van der Waals surface area contributed by atoms with E-state index in [2.05, 4.69) is 10.3 Å². The first-order valence-corrected chi connectivity index (χ1v) is 11.9. The first-order chi connectivity index (χ1) is 13.9. The number of thiazole rings is 1. The molecule has 1 N–H and O–H groups in total. The summed E-state index contributed by atoms with van der Waals surface area (Å²) in [5.74, 6) is -0.225. The van der Waals surface area contributed by atoms with Crippen molar-refractivity contribution >= 4 is 44.0 Å².